The Balaban J connectivity index is 2.13. The third-order valence-electron chi connectivity index (χ3n) is 2.51. The van der Waals surface area contributed by atoms with Gasteiger partial charge in [-0.3, -0.25) is 0 Å². The summed E-state index contributed by atoms with van der Waals surface area (Å²) >= 11 is 0. The van der Waals surface area contributed by atoms with Gasteiger partial charge in [0.2, 0.25) is 0 Å². The Kier molecular flexibility index (Phi) is 4.00. The lowest BCUT2D eigenvalue weighted by Gasteiger charge is -1.98. The van der Waals surface area contributed by atoms with Gasteiger partial charge in [-0.05, 0) is 35.4 Å². The number of carbonyl (C=O) groups is 1. The molecular weight excluding hydrogens is 236 g/mol. The maximum absolute atomic E-state index is 11.3. The van der Waals surface area contributed by atoms with E-state index in [1.807, 2.05) is 42.5 Å². The van der Waals surface area contributed by atoms with Crippen LogP contribution in [0, 0.1) is 11.8 Å². The van der Waals surface area contributed by atoms with Gasteiger partial charge in [-0.2, -0.15) is 0 Å². The van der Waals surface area contributed by atoms with Crippen LogP contribution in [0.4, 0.5) is 0 Å². The van der Waals surface area contributed by atoms with Gasteiger partial charge < -0.3 is 4.74 Å². The predicted molar refractivity (Wildman–Crippen MR) is 76.6 cm³/mol. The summed E-state index contributed by atoms with van der Waals surface area (Å²) in [5.41, 5.74) is 1.59. The maximum Gasteiger partial charge on any atom is 0.385 e. The van der Waals surface area contributed by atoms with Gasteiger partial charge in [-0.1, -0.05) is 42.8 Å². The first kappa shape index (κ1) is 12.9. The molecule has 0 radical (unpaired) electrons. The molecule has 0 bridgehead atoms. The second kappa shape index (κ2) is 5.88. The molecule has 2 rings (SSSR count). The van der Waals surface area contributed by atoms with Gasteiger partial charge in [0.25, 0.3) is 0 Å². The summed E-state index contributed by atoms with van der Waals surface area (Å²) in [6.07, 6.45) is 0. The Hall–Kier alpha value is -2.53. The first-order valence-electron chi connectivity index (χ1n) is 5.97. The fourth-order valence-corrected chi connectivity index (χ4v) is 1.62. The van der Waals surface area contributed by atoms with E-state index in [1.54, 1.807) is 6.92 Å². The predicted octanol–water partition coefficient (Wildman–Crippen LogP) is 3.31. The van der Waals surface area contributed by atoms with E-state index in [1.165, 1.54) is 0 Å². The molecule has 0 spiro atoms. The minimum atomic E-state index is -0.531. The molecule has 0 amide bonds. The quantitative estimate of drug-likeness (QED) is 0.464. The molecule has 19 heavy (non-hydrogen) atoms. The molecule has 2 aromatic rings. The molecule has 0 fully saturated rings. The summed E-state index contributed by atoms with van der Waals surface area (Å²) in [5, 5.41) is 2.25. The van der Waals surface area contributed by atoms with Crippen LogP contribution in [0.3, 0.4) is 0 Å². The standard InChI is InChI=1S/C17H14O2/c1-13(2)12-19-17(18)10-8-14-7-9-15-5-3-4-6-16(15)11-14/h3-7,9,11H,1,12H2,2H3. The Bertz CT molecular complexity index is 687. The molecule has 0 aliphatic rings. The zero-order valence-electron chi connectivity index (χ0n) is 10.8. The summed E-state index contributed by atoms with van der Waals surface area (Å²) in [6, 6.07) is 13.8. The molecule has 0 saturated carbocycles. The molecule has 2 heteroatoms. The topological polar surface area (TPSA) is 26.3 Å². The lowest BCUT2D eigenvalue weighted by molar-refractivity contribution is -0.135. The lowest BCUT2D eigenvalue weighted by Crippen LogP contribution is -2.03. The van der Waals surface area contributed by atoms with Gasteiger partial charge in [0.1, 0.15) is 6.61 Å². The van der Waals surface area contributed by atoms with Crippen molar-refractivity contribution >= 4 is 16.7 Å². The highest BCUT2D eigenvalue weighted by molar-refractivity contribution is 5.90. The zero-order chi connectivity index (χ0) is 13.7. The molecule has 0 atom stereocenters. The van der Waals surface area contributed by atoms with Gasteiger partial charge in [0, 0.05) is 11.5 Å². The normalized spacial score (nSPS) is 9.53. The molecule has 0 unspecified atom stereocenters. The number of rotatable bonds is 2. The SMILES string of the molecule is C=C(C)COC(=O)C#Cc1ccc2ccccc2c1. The second-order valence-corrected chi connectivity index (χ2v) is 4.35. The first-order valence-corrected chi connectivity index (χ1v) is 5.97. The van der Waals surface area contributed by atoms with Crippen molar-refractivity contribution < 1.29 is 9.53 Å². The van der Waals surface area contributed by atoms with Crippen molar-refractivity contribution in [2.45, 2.75) is 6.92 Å². The monoisotopic (exact) mass is 250 g/mol. The van der Waals surface area contributed by atoms with E-state index in [9.17, 15) is 4.79 Å². The number of ether oxygens (including phenoxy) is 1. The fourth-order valence-electron chi connectivity index (χ4n) is 1.62. The molecule has 0 N–H and O–H groups in total. The molecular formula is C17H14O2. The highest BCUT2D eigenvalue weighted by Crippen LogP contribution is 2.14. The first-order chi connectivity index (χ1) is 9.15. The molecule has 0 saturated heterocycles. The van der Waals surface area contributed by atoms with E-state index in [0.717, 1.165) is 21.9 Å². The van der Waals surface area contributed by atoms with Crippen LogP contribution in [0.15, 0.2) is 54.6 Å². The van der Waals surface area contributed by atoms with Crippen molar-refractivity contribution in [2.24, 2.45) is 0 Å². The zero-order valence-corrected chi connectivity index (χ0v) is 10.8. The van der Waals surface area contributed by atoms with Crippen LogP contribution in [-0.2, 0) is 9.53 Å². The Morgan fingerprint density at radius 1 is 1.21 bits per heavy atom. The van der Waals surface area contributed by atoms with Gasteiger partial charge in [-0.25, -0.2) is 4.79 Å². The molecule has 0 aliphatic heterocycles. The number of hydrogen-bond donors (Lipinski definition) is 0. The van der Waals surface area contributed by atoms with E-state index < -0.39 is 5.97 Å². The Morgan fingerprint density at radius 3 is 2.68 bits per heavy atom. The van der Waals surface area contributed by atoms with E-state index >= 15 is 0 Å². The lowest BCUT2D eigenvalue weighted by atomic mass is 10.1. The second-order valence-electron chi connectivity index (χ2n) is 4.35. The van der Waals surface area contributed by atoms with Crippen molar-refractivity contribution in [3.63, 3.8) is 0 Å². The summed E-state index contributed by atoms with van der Waals surface area (Å²) in [5.74, 6) is 4.74. The highest BCUT2D eigenvalue weighted by atomic mass is 16.5. The minimum absolute atomic E-state index is 0.214. The number of hydrogen-bond acceptors (Lipinski definition) is 2. The van der Waals surface area contributed by atoms with Crippen LogP contribution in [-0.4, -0.2) is 12.6 Å². The average Bonchev–Trinajstić information content (AvgIpc) is 2.42. The molecule has 2 nitrogen and oxygen atoms in total. The largest absolute Gasteiger partial charge is 0.452 e. The van der Waals surface area contributed by atoms with Crippen molar-refractivity contribution in [3.8, 4) is 11.8 Å². The highest BCUT2D eigenvalue weighted by Gasteiger charge is 1.97. The third kappa shape index (κ3) is 3.72. The number of benzene rings is 2. The Morgan fingerprint density at radius 2 is 1.95 bits per heavy atom. The smallest absolute Gasteiger partial charge is 0.385 e. The van der Waals surface area contributed by atoms with Gasteiger partial charge >= 0.3 is 5.97 Å². The average molecular weight is 250 g/mol. The van der Waals surface area contributed by atoms with Crippen LogP contribution >= 0.6 is 0 Å². The fraction of sp³-hybridized carbons (Fsp3) is 0.118. The molecule has 0 heterocycles. The van der Waals surface area contributed by atoms with Crippen LogP contribution in [0.1, 0.15) is 12.5 Å². The molecule has 0 aromatic heterocycles. The summed E-state index contributed by atoms with van der Waals surface area (Å²) < 4.78 is 4.90. The van der Waals surface area contributed by atoms with Crippen molar-refractivity contribution in [1.82, 2.24) is 0 Å². The Labute approximate surface area is 112 Å². The number of carbonyl (C=O) groups excluding carboxylic acids is 1. The van der Waals surface area contributed by atoms with Crippen LogP contribution < -0.4 is 0 Å². The van der Waals surface area contributed by atoms with Gasteiger partial charge in [0.15, 0.2) is 0 Å². The van der Waals surface area contributed by atoms with Crippen molar-refractivity contribution in [3.05, 3.63) is 60.2 Å². The van der Waals surface area contributed by atoms with Crippen molar-refractivity contribution in [1.29, 1.82) is 0 Å². The van der Waals surface area contributed by atoms with E-state index in [2.05, 4.69) is 18.4 Å². The van der Waals surface area contributed by atoms with Crippen LogP contribution in [0.2, 0.25) is 0 Å². The maximum atomic E-state index is 11.3. The molecule has 94 valence electrons. The number of fused-ring (bicyclic) bond motifs is 1. The summed E-state index contributed by atoms with van der Waals surface area (Å²) in [7, 11) is 0. The van der Waals surface area contributed by atoms with Gasteiger partial charge in [0.05, 0.1) is 0 Å². The van der Waals surface area contributed by atoms with Gasteiger partial charge in [-0.15, -0.1) is 0 Å². The minimum Gasteiger partial charge on any atom is -0.452 e. The summed E-state index contributed by atoms with van der Waals surface area (Å²) in [4.78, 5) is 11.3. The van der Waals surface area contributed by atoms with Crippen LogP contribution in [0.5, 0.6) is 0 Å². The van der Waals surface area contributed by atoms with Crippen LogP contribution in [0.25, 0.3) is 10.8 Å². The molecule has 0 aliphatic carbocycles. The molecule has 2 aromatic carbocycles. The number of esters is 1. The third-order valence-corrected chi connectivity index (χ3v) is 2.51. The van der Waals surface area contributed by atoms with E-state index in [0.29, 0.717) is 0 Å². The summed E-state index contributed by atoms with van der Waals surface area (Å²) in [6.45, 7) is 5.66. The van der Waals surface area contributed by atoms with Crippen molar-refractivity contribution in [2.75, 3.05) is 6.61 Å². The van der Waals surface area contributed by atoms with E-state index in [-0.39, 0.29) is 6.61 Å². The van der Waals surface area contributed by atoms with E-state index in [4.69, 9.17) is 4.74 Å².